The summed E-state index contributed by atoms with van der Waals surface area (Å²) < 4.78 is 5.38. The molecule has 0 saturated carbocycles. The molecular formula is C10H12ClO2. The molecule has 0 N–H and O–H groups in total. The van der Waals surface area contributed by atoms with Gasteiger partial charge >= 0.3 is 0 Å². The molecule has 0 unspecified atom stereocenters. The Labute approximate surface area is 83.1 Å². The minimum atomic E-state index is -0.239. The van der Waals surface area contributed by atoms with Gasteiger partial charge in [0, 0.05) is 11.4 Å². The topological polar surface area (TPSA) is 29.1 Å². The number of rotatable bonds is 5. The predicted molar refractivity (Wildman–Crippen MR) is 51.7 cm³/mol. The first-order valence-electron chi connectivity index (χ1n) is 4.23. The molecule has 0 aliphatic rings. The van der Waals surface area contributed by atoms with Gasteiger partial charge in [-0.3, -0.25) is 0 Å². The Morgan fingerprint density at radius 2 is 2.08 bits per heavy atom. The second kappa shape index (κ2) is 5.84. The molecule has 0 aliphatic heterocycles. The number of hydrogen-bond acceptors (Lipinski definition) is 1. The van der Waals surface area contributed by atoms with E-state index in [2.05, 4.69) is 0 Å². The van der Waals surface area contributed by atoms with Crippen LogP contribution in [0.4, 0.5) is 0 Å². The summed E-state index contributed by atoms with van der Waals surface area (Å²) in [6.45, 7) is 0.331. The summed E-state index contributed by atoms with van der Waals surface area (Å²) in [4.78, 5) is 0. The van der Waals surface area contributed by atoms with Crippen molar-refractivity contribution >= 4 is 11.6 Å². The zero-order valence-electron chi connectivity index (χ0n) is 7.33. The van der Waals surface area contributed by atoms with Gasteiger partial charge in [-0.15, -0.1) is 11.6 Å². The number of benzene rings is 1. The summed E-state index contributed by atoms with van der Waals surface area (Å²) in [7, 11) is 0. The van der Waals surface area contributed by atoms with E-state index in [-0.39, 0.29) is 6.61 Å². The average Bonchev–Trinajstić information content (AvgIpc) is 2.19. The summed E-state index contributed by atoms with van der Waals surface area (Å²) >= 11 is 5.50. The summed E-state index contributed by atoms with van der Waals surface area (Å²) in [5.41, 5.74) is 0.706. The molecule has 13 heavy (non-hydrogen) atoms. The van der Waals surface area contributed by atoms with Gasteiger partial charge in [0.25, 0.3) is 0 Å². The Bertz CT molecular complexity index is 250. The highest BCUT2D eigenvalue weighted by molar-refractivity contribution is 6.17. The van der Waals surface area contributed by atoms with Crippen LogP contribution in [-0.2, 0) is 11.7 Å². The monoisotopic (exact) mass is 199 g/mol. The van der Waals surface area contributed by atoms with Gasteiger partial charge in [0.2, 0.25) is 0 Å². The lowest BCUT2D eigenvalue weighted by molar-refractivity contribution is 0.172. The molecule has 0 fully saturated rings. The van der Waals surface area contributed by atoms with E-state index in [9.17, 15) is 5.11 Å². The Balaban J connectivity index is 2.54. The van der Waals surface area contributed by atoms with Crippen LogP contribution in [0.25, 0.3) is 0 Å². The third kappa shape index (κ3) is 3.25. The van der Waals surface area contributed by atoms with Crippen LogP contribution in [0.15, 0.2) is 24.3 Å². The third-order valence-electron chi connectivity index (χ3n) is 1.66. The minimum absolute atomic E-state index is 0.239. The molecule has 0 saturated heterocycles. The van der Waals surface area contributed by atoms with Crippen LogP contribution in [-0.4, -0.2) is 12.5 Å². The molecule has 1 radical (unpaired) electrons. The molecule has 0 heterocycles. The van der Waals surface area contributed by atoms with Gasteiger partial charge in [-0.2, -0.15) is 0 Å². The largest absolute Gasteiger partial charge is 0.493 e. The fraction of sp³-hybridized carbons (Fsp3) is 0.400. The standard InChI is InChI=1S/C10H12ClO2/c11-6-3-7-13-10-5-2-1-4-9(10)8-12/h1-2,4-5H,3,6-8H2. The van der Waals surface area contributed by atoms with Gasteiger partial charge in [0.05, 0.1) is 6.61 Å². The summed E-state index contributed by atoms with van der Waals surface area (Å²) in [6.07, 6.45) is 0.800. The van der Waals surface area contributed by atoms with Crippen LogP contribution in [0, 0.1) is 0 Å². The lowest BCUT2D eigenvalue weighted by Crippen LogP contribution is -2.00. The van der Waals surface area contributed by atoms with Crippen LogP contribution in [0.1, 0.15) is 12.0 Å². The number of alkyl halides is 1. The quantitative estimate of drug-likeness (QED) is 0.530. The highest BCUT2D eigenvalue weighted by Crippen LogP contribution is 2.17. The van der Waals surface area contributed by atoms with Crippen molar-refractivity contribution in [3.8, 4) is 5.75 Å². The van der Waals surface area contributed by atoms with E-state index in [1.165, 1.54) is 0 Å². The molecule has 71 valence electrons. The van der Waals surface area contributed by atoms with Gasteiger partial charge in [-0.1, -0.05) is 18.2 Å². The second-order valence-corrected chi connectivity index (χ2v) is 3.02. The van der Waals surface area contributed by atoms with E-state index in [0.29, 0.717) is 23.8 Å². The fourth-order valence-electron chi connectivity index (χ4n) is 1.00. The molecule has 0 aromatic heterocycles. The van der Waals surface area contributed by atoms with Crippen molar-refractivity contribution in [2.75, 3.05) is 12.5 Å². The lowest BCUT2D eigenvalue weighted by Gasteiger charge is -2.07. The number of halogens is 1. The van der Waals surface area contributed by atoms with Crippen LogP contribution in [0.5, 0.6) is 5.75 Å². The molecule has 2 nitrogen and oxygen atoms in total. The van der Waals surface area contributed by atoms with Crippen LogP contribution < -0.4 is 4.74 Å². The molecule has 0 bridgehead atoms. The summed E-state index contributed by atoms with van der Waals surface area (Å²) in [5, 5.41) is 10.7. The lowest BCUT2D eigenvalue weighted by atomic mass is 10.2. The molecule has 0 aliphatic carbocycles. The minimum Gasteiger partial charge on any atom is -0.493 e. The van der Waals surface area contributed by atoms with Gasteiger partial charge < -0.3 is 4.74 Å². The molecular weight excluding hydrogens is 188 g/mol. The van der Waals surface area contributed by atoms with Gasteiger partial charge in [0.1, 0.15) is 12.4 Å². The first kappa shape index (κ1) is 10.4. The van der Waals surface area contributed by atoms with Crippen molar-refractivity contribution in [3.63, 3.8) is 0 Å². The molecule has 1 aromatic carbocycles. The van der Waals surface area contributed by atoms with E-state index in [4.69, 9.17) is 16.3 Å². The number of ether oxygens (including phenoxy) is 1. The van der Waals surface area contributed by atoms with Crippen LogP contribution in [0.3, 0.4) is 0 Å². The van der Waals surface area contributed by atoms with Crippen molar-refractivity contribution in [1.82, 2.24) is 0 Å². The van der Waals surface area contributed by atoms with E-state index >= 15 is 0 Å². The molecule has 0 spiro atoms. The highest BCUT2D eigenvalue weighted by atomic mass is 35.5. The van der Waals surface area contributed by atoms with E-state index in [1.54, 1.807) is 6.07 Å². The fourth-order valence-corrected chi connectivity index (χ4v) is 1.11. The summed E-state index contributed by atoms with van der Waals surface area (Å²) in [6, 6.07) is 7.28. The van der Waals surface area contributed by atoms with Gasteiger partial charge in [-0.25, -0.2) is 5.11 Å². The van der Waals surface area contributed by atoms with Crippen molar-refractivity contribution in [1.29, 1.82) is 0 Å². The Morgan fingerprint density at radius 3 is 2.77 bits per heavy atom. The van der Waals surface area contributed by atoms with Crippen molar-refractivity contribution in [3.05, 3.63) is 29.8 Å². The molecule has 0 amide bonds. The van der Waals surface area contributed by atoms with E-state index in [1.807, 2.05) is 18.2 Å². The SMILES string of the molecule is [O]Cc1ccccc1OCCCCl. The molecule has 1 rings (SSSR count). The molecule has 3 heteroatoms. The number of hydrogen-bond donors (Lipinski definition) is 0. The Morgan fingerprint density at radius 1 is 1.31 bits per heavy atom. The Hall–Kier alpha value is -0.730. The van der Waals surface area contributed by atoms with Crippen molar-refractivity contribution in [2.24, 2.45) is 0 Å². The maximum absolute atomic E-state index is 10.7. The summed E-state index contributed by atoms with van der Waals surface area (Å²) in [5.74, 6) is 1.27. The average molecular weight is 200 g/mol. The van der Waals surface area contributed by atoms with E-state index in [0.717, 1.165) is 6.42 Å². The Kier molecular flexibility index (Phi) is 4.65. The zero-order valence-corrected chi connectivity index (χ0v) is 8.09. The number of para-hydroxylation sites is 1. The molecule has 1 aromatic rings. The first-order valence-corrected chi connectivity index (χ1v) is 4.76. The van der Waals surface area contributed by atoms with Crippen LogP contribution >= 0.6 is 11.6 Å². The smallest absolute Gasteiger partial charge is 0.124 e. The van der Waals surface area contributed by atoms with Gasteiger partial charge in [0.15, 0.2) is 0 Å². The molecule has 0 atom stereocenters. The zero-order chi connectivity index (χ0) is 9.52. The maximum Gasteiger partial charge on any atom is 0.124 e. The van der Waals surface area contributed by atoms with E-state index < -0.39 is 0 Å². The van der Waals surface area contributed by atoms with Gasteiger partial charge in [-0.05, 0) is 12.5 Å². The van der Waals surface area contributed by atoms with Crippen molar-refractivity contribution in [2.45, 2.75) is 13.0 Å². The van der Waals surface area contributed by atoms with Crippen molar-refractivity contribution < 1.29 is 9.84 Å². The maximum atomic E-state index is 10.7. The third-order valence-corrected chi connectivity index (χ3v) is 1.93. The van der Waals surface area contributed by atoms with Crippen LogP contribution in [0.2, 0.25) is 0 Å². The highest BCUT2D eigenvalue weighted by Gasteiger charge is 2.00. The normalized spacial score (nSPS) is 10.0. The second-order valence-electron chi connectivity index (χ2n) is 2.64. The first-order chi connectivity index (χ1) is 6.38. The predicted octanol–water partition coefficient (Wildman–Crippen LogP) is 2.62.